The molecular weight excluding hydrogens is 504 g/mol. The second kappa shape index (κ2) is 33.9. The molecule has 0 rings (SSSR count). The van der Waals surface area contributed by atoms with Gasteiger partial charge in [0, 0.05) is 0 Å². The van der Waals surface area contributed by atoms with Crippen LogP contribution in [0.4, 0.5) is 0 Å². The number of carbonyl (C=O) groups is 1. The average Bonchev–Trinajstić information content (AvgIpc) is 2.98. The quantitative estimate of drug-likeness (QED) is 0.0468. The third-order valence-corrected chi connectivity index (χ3v) is 9.38. The Balaban J connectivity index is 4.27. The van der Waals surface area contributed by atoms with Gasteiger partial charge in [0.1, 0.15) is 0 Å². The van der Waals surface area contributed by atoms with Gasteiger partial charge in [-0.25, -0.2) is 4.79 Å². The second-order valence-electron chi connectivity index (χ2n) is 13.4. The average molecular weight is 581 g/mol. The molecule has 2 atom stereocenters. The highest BCUT2D eigenvalue weighted by Gasteiger charge is 2.24. The molecule has 3 nitrogen and oxygen atoms in total. The zero-order valence-electron chi connectivity index (χ0n) is 28.5. The molecule has 0 aromatic heterocycles. The van der Waals surface area contributed by atoms with Crippen LogP contribution in [0, 0.1) is 11.8 Å². The predicted molar refractivity (Wildman–Crippen MR) is 180 cm³/mol. The van der Waals surface area contributed by atoms with Gasteiger partial charge in [-0.1, -0.05) is 213 Å². The summed E-state index contributed by atoms with van der Waals surface area (Å²) in [4.78, 5) is 16.8. The fourth-order valence-corrected chi connectivity index (χ4v) is 6.55. The molecule has 0 aliphatic rings. The van der Waals surface area contributed by atoms with E-state index in [1.165, 1.54) is 186 Å². The van der Waals surface area contributed by atoms with Crippen LogP contribution in [-0.2, 0) is 9.68 Å². The monoisotopic (exact) mass is 581 g/mol. The first-order chi connectivity index (χ1) is 20.2. The lowest BCUT2D eigenvalue weighted by molar-refractivity contribution is -0.239. The number of hydrogen-bond donors (Lipinski definition) is 1. The van der Waals surface area contributed by atoms with Crippen molar-refractivity contribution in [1.29, 1.82) is 0 Å². The Morgan fingerprint density at radius 2 is 0.707 bits per heavy atom. The van der Waals surface area contributed by atoms with E-state index in [1.54, 1.807) is 0 Å². The molecule has 0 saturated carbocycles. The fourth-order valence-electron chi connectivity index (χ4n) is 6.55. The van der Waals surface area contributed by atoms with Crippen LogP contribution in [0.15, 0.2) is 0 Å². The maximum absolute atomic E-state index is 12.5. The Bertz CT molecular complexity index is 506. The van der Waals surface area contributed by atoms with Gasteiger partial charge in [0.25, 0.3) is 0 Å². The summed E-state index contributed by atoms with van der Waals surface area (Å²) in [5.74, 6) is 0.0806. The lowest BCUT2D eigenvalue weighted by atomic mass is 9.84. The molecule has 0 fully saturated rings. The van der Waals surface area contributed by atoms with E-state index in [2.05, 4.69) is 25.7 Å². The normalized spacial score (nSPS) is 13.0. The molecule has 41 heavy (non-hydrogen) atoms. The van der Waals surface area contributed by atoms with E-state index >= 15 is 0 Å². The molecule has 0 spiro atoms. The van der Waals surface area contributed by atoms with Crippen molar-refractivity contribution in [1.82, 2.24) is 0 Å². The summed E-state index contributed by atoms with van der Waals surface area (Å²) >= 11 is 0. The van der Waals surface area contributed by atoms with Crippen LogP contribution in [0.3, 0.4) is 0 Å². The Morgan fingerprint density at radius 3 is 1.00 bits per heavy atom. The summed E-state index contributed by atoms with van der Waals surface area (Å²) in [6, 6.07) is 0. The lowest BCUT2D eigenvalue weighted by Gasteiger charge is -2.22. The maximum atomic E-state index is 12.5. The Labute approximate surface area is 258 Å². The number of carbonyl (C=O) groups excluding carboxylic acids is 1. The Kier molecular flexibility index (Phi) is 33.5. The molecule has 0 bridgehead atoms. The van der Waals surface area contributed by atoms with Crippen molar-refractivity contribution in [3.05, 3.63) is 0 Å². The summed E-state index contributed by atoms with van der Waals surface area (Å²) < 4.78 is 0. The highest BCUT2D eigenvalue weighted by molar-refractivity contribution is 5.71. The smallest absolute Gasteiger partial charge is 0.301 e. The Hall–Kier alpha value is -0.570. The molecule has 1 N–H and O–H groups in total. The molecule has 0 aromatic rings. The number of rotatable bonds is 34. The number of hydrogen-bond acceptors (Lipinski definition) is 3. The van der Waals surface area contributed by atoms with Gasteiger partial charge in [-0.05, 0) is 18.8 Å². The van der Waals surface area contributed by atoms with E-state index in [0.717, 1.165) is 19.3 Å². The van der Waals surface area contributed by atoms with Crippen LogP contribution in [-0.4, -0.2) is 11.2 Å². The van der Waals surface area contributed by atoms with E-state index in [4.69, 9.17) is 0 Å². The first-order valence-electron chi connectivity index (χ1n) is 19.0. The van der Waals surface area contributed by atoms with Gasteiger partial charge in [0.2, 0.25) is 0 Å². The van der Waals surface area contributed by atoms with Crippen LogP contribution < -0.4 is 0 Å². The summed E-state index contributed by atoms with van der Waals surface area (Å²) in [7, 11) is 0. The van der Waals surface area contributed by atoms with E-state index in [-0.39, 0.29) is 11.9 Å². The first-order valence-corrected chi connectivity index (χ1v) is 19.0. The van der Waals surface area contributed by atoms with E-state index in [1.807, 2.05) is 0 Å². The van der Waals surface area contributed by atoms with Crippen LogP contribution in [0.2, 0.25) is 0 Å². The molecule has 3 heteroatoms. The molecule has 0 amide bonds. The molecule has 0 aliphatic heterocycles. The van der Waals surface area contributed by atoms with Crippen molar-refractivity contribution in [2.45, 2.75) is 226 Å². The van der Waals surface area contributed by atoms with Crippen LogP contribution in [0.25, 0.3) is 0 Å². The van der Waals surface area contributed by atoms with Crippen molar-refractivity contribution >= 4 is 5.97 Å². The molecule has 0 heterocycles. The topological polar surface area (TPSA) is 46.5 Å². The van der Waals surface area contributed by atoms with E-state index < -0.39 is 0 Å². The van der Waals surface area contributed by atoms with Crippen molar-refractivity contribution in [2.75, 3.05) is 0 Å². The van der Waals surface area contributed by atoms with Crippen LogP contribution in [0.1, 0.15) is 226 Å². The second-order valence-corrected chi connectivity index (χ2v) is 13.4. The van der Waals surface area contributed by atoms with Crippen molar-refractivity contribution in [3.63, 3.8) is 0 Å². The van der Waals surface area contributed by atoms with Crippen molar-refractivity contribution in [2.24, 2.45) is 11.8 Å². The third kappa shape index (κ3) is 29.3. The van der Waals surface area contributed by atoms with Gasteiger partial charge in [0.05, 0.1) is 5.92 Å². The van der Waals surface area contributed by atoms with Crippen LogP contribution in [0.5, 0.6) is 0 Å². The minimum atomic E-state index is -0.386. The maximum Gasteiger partial charge on any atom is 0.345 e. The van der Waals surface area contributed by atoms with Gasteiger partial charge in [-0.2, -0.15) is 5.26 Å². The molecule has 246 valence electrons. The highest BCUT2D eigenvalue weighted by atomic mass is 17.1. The summed E-state index contributed by atoms with van der Waals surface area (Å²) in [6.07, 6.45) is 41.9. The predicted octanol–water partition coefficient (Wildman–Crippen LogP) is 13.8. The minimum Gasteiger partial charge on any atom is -0.301 e. The van der Waals surface area contributed by atoms with Crippen molar-refractivity contribution in [3.8, 4) is 0 Å². The van der Waals surface area contributed by atoms with Crippen LogP contribution >= 0.6 is 0 Å². The minimum absolute atomic E-state index is 0.128. The molecular formula is C38H76O3. The molecule has 0 aliphatic carbocycles. The first kappa shape index (κ1) is 40.4. The van der Waals surface area contributed by atoms with Crippen molar-refractivity contribution < 1.29 is 14.9 Å². The standard InChI is InChI=1S/C38H76O3/c1-4-7-10-13-16-18-19-20-21-22-23-25-28-31-34-37(38(39)41-40)35-36(32-29-26-15-12-9-6-3)33-30-27-24-17-14-11-8-5-2/h36-37,40H,4-35H2,1-3H3. The van der Waals surface area contributed by atoms with Gasteiger partial charge in [-0.15, -0.1) is 0 Å². The van der Waals surface area contributed by atoms with Gasteiger partial charge >= 0.3 is 5.97 Å². The summed E-state index contributed by atoms with van der Waals surface area (Å²) in [6.45, 7) is 6.84. The number of unbranched alkanes of at least 4 members (excludes halogenated alkanes) is 25. The van der Waals surface area contributed by atoms with E-state index in [0.29, 0.717) is 5.92 Å². The molecule has 0 radical (unpaired) electrons. The highest BCUT2D eigenvalue weighted by Crippen LogP contribution is 2.29. The zero-order valence-corrected chi connectivity index (χ0v) is 28.5. The van der Waals surface area contributed by atoms with Gasteiger partial charge < -0.3 is 4.89 Å². The molecule has 2 unspecified atom stereocenters. The van der Waals surface area contributed by atoms with E-state index in [9.17, 15) is 10.1 Å². The zero-order chi connectivity index (χ0) is 30.1. The summed E-state index contributed by atoms with van der Waals surface area (Å²) in [5.41, 5.74) is 0. The molecule has 0 aromatic carbocycles. The Morgan fingerprint density at radius 1 is 0.439 bits per heavy atom. The fraction of sp³-hybridized carbons (Fsp3) is 0.974. The van der Waals surface area contributed by atoms with Gasteiger partial charge in [-0.3, -0.25) is 0 Å². The lowest BCUT2D eigenvalue weighted by Crippen LogP contribution is -2.20. The molecule has 0 saturated heterocycles. The largest absolute Gasteiger partial charge is 0.345 e. The SMILES string of the molecule is CCCCCCCCCCCCCCCCC(CC(CCCCCCCC)CCCCCCCCCC)C(=O)OO. The summed E-state index contributed by atoms with van der Waals surface area (Å²) in [5, 5.41) is 9.22. The van der Waals surface area contributed by atoms with Gasteiger partial charge in [0.15, 0.2) is 0 Å². The third-order valence-electron chi connectivity index (χ3n) is 9.38.